The minimum atomic E-state index is -3.96. The van der Waals surface area contributed by atoms with E-state index in [2.05, 4.69) is 15.4 Å². The molecule has 3 N–H and O–H groups in total. The van der Waals surface area contributed by atoms with Crippen LogP contribution in [0.15, 0.2) is 124 Å². The van der Waals surface area contributed by atoms with Crippen molar-refractivity contribution >= 4 is 77.6 Å². The Balaban J connectivity index is 1.22. The molecule has 5 aromatic rings. The Labute approximate surface area is 282 Å². The Hall–Kier alpha value is -4.06. The second-order valence-corrected chi connectivity index (χ2v) is 15.0. The van der Waals surface area contributed by atoms with Crippen molar-refractivity contribution in [3.63, 3.8) is 0 Å². The molecule has 0 aliphatic heterocycles. The van der Waals surface area contributed by atoms with Gasteiger partial charge in [0.2, 0.25) is 9.84 Å². The predicted molar refractivity (Wildman–Crippen MR) is 184 cm³/mol. The zero-order valence-electron chi connectivity index (χ0n) is 24.1. The number of hydrogen-bond donors (Lipinski definition) is 3. The van der Waals surface area contributed by atoms with E-state index in [1.165, 1.54) is 48.5 Å². The first kappa shape index (κ1) is 33.3. The molecule has 0 bridgehead atoms. The van der Waals surface area contributed by atoms with Gasteiger partial charge in [-0.15, -0.1) is 0 Å². The van der Waals surface area contributed by atoms with Crippen LogP contribution in [0.2, 0.25) is 15.1 Å². The lowest BCUT2D eigenvalue weighted by atomic mass is 10.1. The number of sulfone groups is 1. The highest BCUT2D eigenvalue weighted by Gasteiger charge is 2.22. The Morgan fingerprint density at radius 1 is 0.717 bits per heavy atom. The first-order valence-electron chi connectivity index (χ1n) is 13.7. The maximum atomic E-state index is 13.3. The molecule has 0 saturated carbocycles. The number of amides is 1. The van der Waals surface area contributed by atoms with Gasteiger partial charge in [-0.05, 0) is 90.8 Å². The zero-order valence-corrected chi connectivity index (χ0v) is 28.0. The smallest absolute Gasteiger partial charge is 0.261 e. The Kier molecular flexibility index (Phi) is 9.95. The van der Waals surface area contributed by atoms with Crippen LogP contribution in [0.3, 0.4) is 0 Å². The van der Waals surface area contributed by atoms with Gasteiger partial charge in [-0.1, -0.05) is 71.2 Å². The van der Waals surface area contributed by atoms with Crippen LogP contribution < -0.4 is 15.4 Å². The van der Waals surface area contributed by atoms with Crippen molar-refractivity contribution < 1.29 is 21.6 Å². The monoisotopic (exact) mass is 713 g/mol. The van der Waals surface area contributed by atoms with Gasteiger partial charge >= 0.3 is 0 Å². The largest absolute Gasteiger partial charge is 0.381 e. The van der Waals surface area contributed by atoms with Crippen LogP contribution in [-0.4, -0.2) is 22.7 Å². The summed E-state index contributed by atoms with van der Waals surface area (Å²) in [6, 6.07) is 28.4. The van der Waals surface area contributed by atoms with Gasteiger partial charge in [0.15, 0.2) is 0 Å². The quantitative estimate of drug-likeness (QED) is 0.134. The fourth-order valence-electron chi connectivity index (χ4n) is 4.52. The van der Waals surface area contributed by atoms with Crippen LogP contribution >= 0.6 is 34.8 Å². The summed E-state index contributed by atoms with van der Waals surface area (Å²) >= 11 is 18.4. The number of anilines is 3. The molecular weight excluding hydrogens is 689 g/mol. The van der Waals surface area contributed by atoms with E-state index in [4.69, 9.17) is 34.8 Å². The summed E-state index contributed by atoms with van der Waals surface area (Å²) in [6.07, 6.45) is 0. The third-order valence-electron chi connectivity index (χ3n) is 6.99. The van der Waals surface area contributed by atoms with E-state index >= 15 is 0 Å². The van der Waals surface area contributed by atoms with Crippen LogP contribution in [-0.2, 0) is 26.4 Å². The molecule has 13 heteroatoms. The summed E-state index contributed by atoms with van der Waals surface area (Å²) in [5, 5.41) is 6.57. The number of carbonyl (C=O) groups excluding carboxylic acids is 1. The average Bonchev–Trinajstić information content (AvgIpc) is 3.04. The van der Waals surface area contributed by atoms with Crippen LogP contribution in [0.5, 0.6) is 0 Å². The molecule has 0 heterocycles. The molecule has 0 aliphatic carbocycles. The molecule has 1 amide bonds. The van der Waals surface area contributed by atoms with Gasteiger partial charge in [-0.2, -0.15) is 0 Å². The molecule has 0 aliphatic rings. The summed E-state index contributed by atoms with van der Waals surface area (Å²) in [7, 11) is -7.73. The first-order valence-corrected chi connectivity index (χ1v) is 17.8. The molecule has 5 rings (SSSR count). The maximum Gasteiger partial charge on any atom is 0.261 e. The van der Waals surface area contributed by atoms with E-state index in [0.29, 0.717) is 29.0 Å². The lowest BCUT2D eigenvalue weighted by Gasteiger charge is -2.15. The number of halogens is 3. The van der Waals surface area contributed by atoms with Crippen LogP contribution in [0.4, 0.5) is 17.1 Å². The Morgan fingerprint density at radius 3 is 2.07 bits per heavy atom. The third-order valence-corrected chi connectivity index (χ3v) is 11.3. The number of rotatable bonds is 10. The Bertz CT molecular complexity index is 2130. The zero-order chi connectivity index (χ0) is 33.1. The second-order valence-electron chi connectivity index (χ2n) is 10.1. The van der Waals surface area contributed by atoms with Gasteiger partial charge < -0.3 is 10.6 Å². The molecule has 0 radical (unpaired) electrons. The predicted octanol–water partition coefficient (Wildman–Crippen LogP) is 8.45. The van der Waals surface area contributed by atoms with E-state index in [1.54, 1.807) is 67.6 Å². The highest BCUT2D eigenvalue weighted by atomic mass is 35.5. The first-order chi connectivity index (χ1) is 21.8. The van der Waals surface area contributed by atoms with Crippen molar-refractivity contribution in [1.82, 2.24) is 0 Å². The van der Waals surface area contributed by atoms with Gasteiger partial charge in [0.25, 0.3) is 15.9 Å². The minimum absolute atomic E-state index is 0.0295. The van der Waals surface area contributed by atoms with E-state index in [0.717, 1.165) is 5.56 Å². The van der Waals surface area contributed by atoms with E-state index in [1.807, 2.05) is 0 Å². The summed E-state index contributed by atoms with van der Waals surface area (Å²) < 4.78 is 54.5. The van der Waals surface area contributed by atoms with Crippen molar-refractivity contribution in [2.24, 2.45) is 0 Å². The lowest BCUT2D eigenvalue weighted by Crippen LogP contribution is -2.14. The molecule has 0 aromatic heterocycles. The fourth-order valence-corrected chi connectivity index (χ4v) is 7.84. The molecule has 0 spiro atoms. The molecule has 0 atom stereocenters. The van der Waals surface area contributed by atoms with Crippen molar-refractivity contribution in [2.75, 3.05) is 15.4 Å². The Morgan fingerprint density at radius 2 is 1.39 bits per heavy atom. The van der Waals surface area contributed by atoms with Gasteiger partial charge in [0.05, 0.1) is 30.4 Å². The molecule has 236 valence electrons. The number of carbonyl (C=O) groups is 1. The second kappa shape index (κ2) is 13.7. The van der Waals surface area contributed by atoms with Gasteiger partial charge in [0.1, 0.15) is 0 Å². The standard InChI is InChI=1S/C33H26Cl3N3O5S2/c1-21-30(18-24(34)19-31(21)45(41,42)26-6-3-2-4-7-26)37-20-22-10-12-23(13-11-22)33(40)38-25-14-16-27(17-15-25)46(43,44)39-29-9-5-8-28(35)32(29)36/h2-19,37,39H,20H2,1H3,(H,38,40). The molecule has 46 heavy (non-hydrogen) atoms. The highest BCUT2D eigenvalue weighted by Crippen LogP contribution is 2.33. The van der Waals surface area contributed by atoms with Crippen molar-refractivity contribution in [3.05, 3.63) is 141 Å². The number of hydrogen-bond acceptors (Lipinski definition) is 6. The number of sulfonamides is 1. The highest BCUT2D eigenvalue weighted by molar-refractivity contribution is 7.92. The summed E-state index contributed by atoms with van der Waals surface area (Å²) in [4.78, 5) is 13.1. The minimum Gasteiger partial charge on any atom is -0.381 e. The van der Waals surface area contributed by atoms with E-state index in [9.17, 15) is 21.6 Å². The van der Waals surface area contributed by atoms with Crippen molar-refractivity contribution in [3.8, 4) is 0 Å². The van der Waals surface area contributed by atoms with Crippen LogP contribution in [0.25, 0.3) is 0 Å². The maximum absolute atomic E-state index is 13.3. The summed E-state index contributed by atoms with van der Waals surface area (Å²) in [5.41, 5.74) is 2.87. The van der Waals surface area contributed by atoms with Gasteiger partial charge in [-0.25, -0.2) is 16.8 Å². The molecule has 0 fully saturated rings. The molecule has 0 saturated heterocycles. The third kappa shape index (κ3) is 7.49. The van der Waals surface area contributed by atoms with E-state index in [-0.39, 0.29) is 41.3 Å². The molecular formula is C33H26Cl3N3O5S2. The van der Waals surface area contributed by atoms with Crippen molar-refractivity contribution in [2.45, 2.75) is 28.2 Å². The number of nitrogens with one attached hydrogen (secondary N) is 3. The van der Waals surface area contributed by atoms with Crippen LogP contribution in [0, 0.1) is 6.92 Å². The number of benzene rings is 5. The normalized spacial score (nSPS) is 11.6. The fraction of sp³-hybridized carbons (Fsp3) is 0.0606. The molecule has 8 nitrogen and oxygen atoms in total. The molecule has 0 unspecified atom stereocenters. The SMILES string of the molecule is Cc1c(NCc2ccc(C(=O)Nc3ccc(S(=O)(=O)Nc4cccc(Cl)c4Cl)cc3)cc2)cc(Cl)cc1S(=O)(=O)c1ccccc1. The van der Waals surface area contributed by atoms with Crippen molar-refractivity contribution in [1.29, 1.82) is 0 Å². The lowest BCUT2D eigenvalue weighted by molar-refractivity contribution is 0.102. The van der Waals surface area contributed by atoms with Gasteiger partial charge in [0, 0.05) is 28.5 Å². The topological polar surface area (TPSA) is 121 Å². The summed E-state index contributed by atoms with van der Waals surface area (Å²) in [5.74, 6) is -0.389. The van der Waals surface area contributed by atoms with Gasteiger partial charge in [-0.3, -0.25) is 9.52 Å². The summed E-state index contributed by atoms with van der Waals surface area (Å²) in [6.45, 7) is 2.06. The molecule has 5 aromatic carbocycles. The van der Waals surface area contributed by atoms with Crippen LogP contribution in [0.1, 0.15) is 21.5 Å². The van der Waals surface area contributed by atoms with E-state index < -0.39 is 19.9 Å². The average molecular weight is 715 g/mol.